The number of carboxylic acids is 1. The van der Waals surface area contributed by atoms with Gasteiger partial charge in [-0.25, -0.2) is 4.79 Å². The molecule has 0 aromatic carbocycles. The van der Waals surface area contributed by atoms with Crippen LogP contribution in [0.5, 0.6) is 0 Å². The monoisotopic (exact) mass is 388 g/mol. The largest absolute Gasteiger partial charge is 0.480 e. The number of fused-ring (bicyclic) bond motifs is 1. The third-order valence-corrected chi connectivity index (χ3v) is 5.11. The zero-order chi connectivity index (χ0) is 14.3. The van der Waals surface area contributed by atoms with E-state index in [0.29, 0.717) is 18.0 Å². The van der Waals surface area contributed by atoms with Gasteiger partial charge in [0.25, 0.3) is 5.91 Å². The van der Waals surface area contributed by atoms with Crippen molar-refractivity contribution in [2.24, 2.45) is 5.92 Å². The first-order valence-electron chi connectivity index (χ1n) is 6.97. The minimum atomic E-state index is -0.881. The van der Waals surface area contributed by atoms with Crippen molar-refractivity contribution >= 4 is 34.5 Å². The van der Waals surface area contributed by atoms with E-state index in [2.05, 4.69) is 27.6 Å². The van der Waals surface area contributed by atoms with Gasteiger partial charge in [-0.1, -0.05) is 12.8 Å². The highest BCUT2D eigenvalue weighted by atomic mass is 127. The van der Waals surface area contributed by atoms with Crippen molar-refractivity contribution in [2.45, 2.75) is 44.2 Å². The van der Waals surface area contributed by atoms with Crippen molar-refractivity contribution < 1.29 is 14.7 Å². The Morgan fingerprint density at radius 2 is 2.10 bits per heavy atom. The standard InChI is InChI=1S/C14H17IN2O3/c15-9-6-10(16-7-9)13(18)17-11-4-2-1-3-8(11)5-12(17)14(19)20/h6-8,11-12,16H,1-5H2,(H,19,20). The molecule has 0 radical (unpaired) electrons. The van der Waals surface area contributed by atoms with Gasteiger partial charge in [0.05, 0.1) is 0 Å². The second-order valence-electron chi connectivity index (χ2n) is 5.65. The number of carbonyl (C=O) groups excluding carboxylic acids is 1. The SMILES string of the molecule is O=C(O)C1CC2CCCCC2N1C(=O)c1cc(I)c[nH]1. The van der Waals surface area contributed by atoms with Crippen LogP contribution >= 0.6 is 22.6 Å². The van der Waals surface area contributed by atoms with Crippen molar-refractivity contribution in [3.05, 3.63) is 21.5 Å². The van der Waals surface area contributed by atoms with Crippen molar-refractivity contribution in [1.82, 2.24) is 9.88 Å². The molecule has 108 valence electrons. The van der Waals surface area contributed by atoms with Gasteiger partial charge in [0.1, 0.15) is 11.7 Å². The zero-order valence-electron chi connectivity index (χ0n) is 11.0. The first-order valence-corrected chi connectivity index (χ1v) is 8.05. The van der Waals surface area contributed by atoms with Gasteiger partial charge >= 0.3 is 5.97 Å². The van der Waals surface area contributed by atoms with Gasteiger partial charge in [0, 0.05) is 15.8 Å². The second kappa shape index (κ2) is 5.38. The molecule has 5 nitrogen and oxygen atoms in total. The van der Waals surface area contributed by atoms with E-state index in [0.717, 1.165) is 29.3 Å². The minimum Gasteiger partial charge on any atom is -0.480 e. The summed E-state index contributed by atoms with van der Waals surface area (Å²) in [6.45, 7) is 0. The van der Waals surface area contributed by atoms with E-state index < -0.39 is 12.0 Å². The lowest BCUT2D eigenvalue weighted by atomic mass is 9.84. The summed E-state index contributed by atoms with van der Waals surface area (Å²) in [6, 6.07) is 1.20. The number of aromatic amines is 1. The molecule has 3 atom stereocenters. The number of hydrogen-bond acceptors (Lipinski definition) is 2. The smallest absolute Gasteiger partial charge is 0.326 e. The van der Waals surface area contributed by atoms with Crippen molar-refractivity contribution in [2.75, 3.05) is 0 Å². The van der Waals surface area contributed by atoms with Gasteiger partial charge in [-0.15, -0.1) is 0 Å². The lowest BCUT2D eigenvalue weighted by molar-refractivity contribution is -0.141. The Labute approximate surface area is 130 Å². The third-order valence-electron chi connectivity index (χ3n) is 4.49. The van der Waals surface area contributed by atoms with Gasteiger partial charge in [0.2, 0.25) is 0 Å². The van der Waals surface area contributed by atoms with E-state index in [1.807, 2.05) is 0 Å². The molecule has 0 spiro atoms. The molecule has 6 heteroatoms. The molecule has 1 aliphatic carbocycles. The summed E-state index contributed by atoms with van der Waals surface area (Å²) in [5.74, 6) is -0.702. The fourth-order valence-electron chi connectivity index (χ4n) is 3.60. The summed E-state index contributed by atoms with van der Waals surface area (Å²) in [7, 11) is 0. The third kappa shape index (κ3) is 2.34. The quantitative estimate of drug-likeness (QED) is 0.765. The van der Waals surface area contributed by atoms with Crippen LogP contribution in [0.2, 0.25) is 0 Å². The fraction of sp³-hybridized carbons (Fsp3) is 0.571. The first kappa shape index (κ1) is 13.9. The maximum atomic E-state index is 12.7. The average Bonchev–Trinajstić information content (AvgIpc) is 3.01. The Morgan fingerprint density at radius 3 is 2.75 bits per heavy atom. The van der Waals surface area contributed by atoms with Crippen molar-refractivity contribution in [3.8, 4) is 0 Å². The number of halogens is 1. The summed E-state index contributed by atoms with van der Waals surface area (Å²) >= 11 is 2.13. The maximum absolute atomic E-state index is 12.7. The molecule has 1 saturated heterocycles. The number of likely N-dealkylation sites (tertiary alicyclic amines) is 1. The topological polar surface area (TPSA) is 73.4 Å². The van der Waals surface area contributed by atoms with Crippen molar-refractivity contribution in [3.63, 3.8) is 0 Å². The fourth-order valence-corrected chi connectivity index (χ4v) is 4.07. The Morgan fingerprint density at radius 1 is 1.35 bits per heavy atom. The van der Waals surface area contributed by atoms with E-state index in [9.17, 15) is 14.7 Å². The molecule has 1 amide bonds. The van der Waals surface area contributed by atoms with Crippen LogP contribution in [-0.4, -0.2) is 39.0 Å². The normalized spacial score (nSPS) is 29.2. The van der Waals surface area contributed by atoms with Crippen LogP contribution < -0.4 is 0 Å². The lowest BCUT2D eigenvalue weighted by Gasteiger charge is -2.32. The van der Waals surface area contributed by atoms with E-state index >= 15 is 0 Å². The van der Waals surface area contributed by atoms with Crippen LogP contribution in [0.3, 0.4) is 0 Å². The number of H-pyrrole nitrogens is 1. The molecule has 2 fully saturated rings. The van der Waals surface area contributed by atoms with Gasteiger partial charge in [-0.05, 0) is 53.8 Å². The van der Waals surface area contributed by atoms with Gasteiger partial charge in [0.15, 0.2) is 0 Å². The van der Waals surface area contributed by atoms with Crippen LogP contribution in [0.1, 0.15) is 42.6 Å². The molecule has 3 rings (SSSR count). The molecule has 3 unspecified atom stereocenters. The minimum absolute atomic E-state index is 0.0957. The molecule has 1 aromatic heterocycles. The molecule has 2 aliphatic rings. The van der Waals surface area contributed by atoms with Gasteiger partial charge < -0.3 is 15.0 Å². The number of nitrogens with zero attached hydrogens (tertiary/aromatic N) is 1. The Kier molecular flexibility index (Phi) is 3.74. The van der Waals surface area contributed by atoms with E-state index in [4.69, 9.17) is 0 Å². The number of aromatic nitrogens is 1. The predicted octanol–water partition coefficient (Wildman–Crippen LogP) is 2.48. The first-order chi connectivity index (χ1) is 9.58. The Bertz CT molecular complexity index is 542. The lowest BCUT2D eigenvalue weighted by Crippen LogP contribution is -2.46. The van der Waals surface area contributed by atoms with Crippen LogP contribution in [0.4, 0.5) is 0 Å². The number of aliphatic carboxylic acids is 1. The summed E-state index contributed by atoms with van der Waals surface area (Å²) in [6.07, 6.45) is 6.56. The second-order valence-corrected chi connectivity index (χ2v) is 6.89. The number of hydrogen-bond donors (Lipinski definition) is 2. The predicted molar refractivity (Wildman–Crippen MR) is 81.5 cm³/mol. The van der Waals surface area contributed by atoms with Gasteiger partial charge in [-0.2, -0.15) is 0 Å². The van der Waals surface area contributed by atoms with Crippen LogP contribution in [-0.2, 0) is 4.79 Å². The van der Waals surface area contributed by atoms with Crippen LogP contribution in [0, 0.1) is 9.49 Å². The number of amides is 1. The Hall–Kier alpha value is -1.05. The Balaban J connectivity index is 1.90. The number of rotatable bonds is 2. The summed E-state index contributed by atoms with van der Waals surface area (Å²) in [5.41, 5.74) is 0.492. The molecular weight excluding hydrogens is 371 g/mol. The molecule has 1 aromatic rings. The van der Waals surface area contributed by atoms with Crippen LogP contribution in [0.25, 0.3) is 0 Å². The van der Waals surface area contributed by atoms with Gasteiger partial charge in [-0.3, -0.25) is 4.79 Å². The van der Waals surface area contributed by atoms with Crippen molar-refractivity contribution in [1.29, 1.82) is 0 Å². The summed E-state index contributed by atoms with van der Waals surface area (Å²) in [5, 5.41) is 9.43. The molecule has 1 saturated carbocycles. The highest BCUT2D eigenvalue weighted by molar-refractivity contribution is 14.1. The molecular formula is C14H17IN2O3. The van der Waals surface area contributed by atoms with E-state index in [1.165, 1.54) is 0 Å². The number of nitrogens with one attached hydrogen (secondary N) is 1. The summed E-state index contributed by atoms with van der Waals surface area (Å²) < 4.78 is 0.956. The molecule has 0 bridgehead atoms. The zero-order valence-corrected chi connectivity index (χ0v) is 13.2. The highest BCUT2D eigenvalue weighted by Gasteiger charge is 2.47. The molecule has 2 N–H and O–H groups in total. The highest BCUT2D eigenvalue weighted by Crippen LogP contribution is 2.40. The number of carboxylic acid groups (broad SMARTS) is 1. The molecule has 2 heterocycles. The average molecular weight is 388 g/mol. The van der Waals surface area contributed by atoms with E-state index in [1.54, 1.807) is 17.2 Å². The van der Waals surface area contributed by atoms with Crippen LogP contribution in [0.15, 0.2) is 12.3 Å². The maximum Gasteiger partial charge on any atom is 0.326 e. The molecule has 1 aliphatic heterocycles. The van der Waals surface area contributed by atoms with E-state index in [-0.39, 0.29) is 11.9 Å². The number of carbonyl (C=O) groups is 2. The summed E-state index contributed by atoms with van der Waals surface area (Å²) in [4.78, 5) is 28.7. The molecule has 20 heavy (non-hydrogen) atoms.